The third-order valence-electron chi connectivity index (χ3n) is 7.30. The molecule has 5 rings (SSSR count). The summed E-state index contributed by atoms with van der Waals surface area (Å²) in [6.07, 6.45) is 4.54. The number of piperazine rings is 1. The number of benzene rings is 1. The van der Waals surface area contributed by atoms with Crippen LogP contribution in [-0.2, 0) is 24.8 Å². The van der Waals surface area contributed by atoms with E-state index in [0.717, 1.165) is 73.1 Å². The molecule has 1 aromatic carbocycles. The van der Waals surface area contributed by atoms with Gasteiger partial charge in [-0.05, 0) is 50.3 Å². The van der Waals surface area contributed by atoms with Gasteiger partial charge in [-0.25, -0.2) is 9.97 Å². The van der Waals surface area contributed by atoms with Crippen molar-refractivity contribution in [1.29, 1.82) is 0 Å². The number of carbonyl (C=O) groups is 1. The van der Waals surface area contributed by atoms with Crippen LogP contribution in [0, 0.1) is 13.8 Å². The molecule has 2 aliphatic heterocycles. The summed E-state index contributed by atoms with van der Waals surface area (Å²) in [6, 6.07) is 10.6. The summed E-state index contributed by atoms with van der Waals surface area (Å²) in [5.74, 6) is 0.952. The Kier molecular flexibility index (Phi) is 6.32. The van der Waals surface area contributed by atoms with Gasteiger partial charge in [0.2, 0.25) is 11.9 Å². The molecule has 4 heterocycles. The predicted octanol–water partition coefficient (Wildman–Crippen LogP) is 3.03. The predicted molar refractivity (Wildman–Crippen MR) is 137 cm³/mol. The number of nitrogens with one attached hydrogen (secondary N) is 1. The summed E-state index contributed by atoms with van der Waals surface area (Å²) < 4.78 is 1.86. The molecule has 8 nitrogen and oxygen atoms in total. The average Bonchev–Trinajstić information content (AvgIpc) is 3.22. The molecule has 8 heteroatoms. The molecule has 2 fully saturated rings. The number of piperidine rings is 1. The Labute approximate surface area is 207 Å². The third-order valence-corrected chi connectivity index (χ3v) is 7.30. The molecule has 1 amide bonds. The lowest BCUT2D eigenvalue weighted by Crippen LogP contribution is -2.67. The van der Waals surface area contributed by atoms with Crippen LogP contribution < -0.4 is 10.2 Å². The van der Waals surface area contributed by atoms with Crippen LogP contribution in [0.2, 0.25) is 0 Å². The first-order valence-electron chi connectivity index (χ1n) is 12.6. The Hall–Kier alpha value is -3.26. The largest absolute Gasteiger partial charge is 0.341 e. The lowest BCUT2D eigenvalue weighted by molar-refractivity contribution is -0.143. The van der Waals surface area contributed by atoms with Crippen molar-refractivity contribution in [2.24, 2.45) is 7.05 Å². The number of carbonyl (C=O) groups excluding carboxylic acids is 1. The van der Waals surface area contributed by atoms with Gasteiger partial charge < -0.3 is 15.1 Å². The molecule has 0 radical (unpaired) electrons. The number of nitrogens with zero attached hydrogens (tertiary/aromatic N) is 6. The molecule has 2 aliphatic rings. The van der Waals surface area contributed by atoms with E-state index in [0.29, 0.717) is 13.1 Å². The Balaban J connectivity index is 1.32. The maximum atomic E-state index is 13.8. The zero-order valence-corrected chi connectivity index (χ0v) is 21.2. The molecule has 0 aliphatic carbocycles. The minimum atomic E-state index is -0.523. The number of amides is 1. The van der Waals surface area contributed by atoms with Crippen molar-refractivity contribution in [3.05, 3.63) is 59.2 Å². The first-order chi connectivity index (χ1) is 16.9. The van der Waals surface area contributed by atoms with E-state index in [4.69, 9.17) is 5.10 Å². The smallest absolute Gasteiger partial charge is 0.243 e. The van der Waals surface area contributed by atoms with Crippen molar-refractivity contribution in [3.8, 4) is 11.1 Å². The molecule has 35 heavy (non-hydrogen) atoms. The second-order valence-corrected chi connectivity index (χ2v) is 9.89. The van der Waals surface area contributed by atoms with E-state index in [-0.39, 0.29) is 5.91 Å². The monoisotopic (exact) mass is 473 g/mol. The lowest BCUT2D eigenvalue weighted by atomic mass is 9.84. The van der Waals surface area contributed by atoms with Crippen LogP contribution >= 0.6 is 0 Å². The number of aromatic nitrogens is 4. The van der Waals surface area contributed by atoms with Crippen LogP contribution in [0.1, 0.15) is 42.4 Å². The normalized spacial score (nSPS) is 17.9. The summed E-state index contributed by atoms with van der Waals surface area (Å²) in [6.45, 7) is 9.69. The summed E-state index contributed by atoms with van der Waals surface area (Å²) in [7, 11) is 1.95. The molecule has 2 saturated heterocycles. The van der Waals surface area contributed by atoms with Crippen LogP contribution in [-0.4, -0.2) is 62.3 Å². The fourth-order valence-corrected chi connectivity index (χ4v) is 5.42. The van der Waals surface area contributed by atoms with Gasteiger partial charge in [0.15, 0.2) is 0 Å². The molecule has 184 valence electrons. The standard InChI is InChI=1S/C27H35N7O/c1-5-21-7-6-8-22(16-21)23-17-32(4)31-24(23)18-34-14-11-28-27(25(34)35)9-12-33(13-10-27)26-29-19(2)15-20(3)30-26/h6-8,15-17,28H,5,9-14,18H2,1-4H3. The maximum absolute atomic E-state index is 13.8. The molecule has 1 spiro atoms. The van der Waals surface area contributed by atoms with Crippen molar-refractivity contribution in [2.75, 3.05) is 31.1 Å². The first-order valence-corrected chi connectivity index (χ1v) is 12.6. The topological polar surface area (TPSA) is 79.2 Å². The summed E-state index contributed by atoms with van der Waals surface area (Å²) in [4.78, 5) is 27.2. The first kappa shape index (κ1) is 23.5. The molecular formula is C27H35N7O. The quantitative estimate of drug-likeness (QED) is 0.614. The lowest BCUT2D eigenvalue weighted by Gasteiger charge is -2.47. The number of anilines is 1. The van der Waals surface area contributed by atoms with E-state index in [9.17, 15) is 4.79 Å². The van der Waals surface area contributed by atoms with E-state index in [2.05, 4.69) is 57.6 Å². The van der Waals surface area contributed by atoms with Crippen LogP contribution in [0.15, 0.2) is 36.5 Å². The number of hydrogen-bond acceptors (Lipinski definition) is 6. The third kappa shape index (κ3) is 4.67. The summed E-state index contributed by atoms with van der Waals surface area (Å²) >= 11 is 0. The van der Waals surface area contributed by atoms with E-state index in [1.807, 2.05) is 36.5 Å². The molecule has 0 bridgehead atoms. The fourth-order valence-electron chi connectivity index (χ4n) is 5.42. The van der Waals surface area contributed by atoms with Gasteiger partial charge in [-0.1, -0.05) is 31.2 Å². The van der Waals surface area contributed by atoms with Crippen molar-refractivity contribution in [1.82, 2.24) is 30.0 Å². The zero-order valence-electron chi connectivity index (χ0n) is 21.2. The molecular weight excluding hydrogens is 438 g/mol. The SMILES string of the molecule is CCc1cccc(-c2cn(C)nc2CN2CCNC3(CCN(c4nc(C)cc(C)n4)CC3)C2=O)c1. The van der Waals surface area contributed by atoms with Crippen LogP contribution in [0.5, 0.6) is 0 Å². The fraction of sp³-hybridized carbons (Fsp3) is 0.481. The second-order valence-electron chi connectivity index (χ2n) is 9.89. The van der Waals surface area contributed by atoms with E-state index in [1.165, 1.54) is 5.56 Å². The Morgan fingerprint density at radius 3 is 2.51 bits per heavy atom. The van der Waals surface area contributed by atoms with Crippen LogP contribution in [0.4, 0.5) is 5.95 Å². The van der Waals surface area contributed by atoms with Gasteiger partial charge in [0.05, 0.1) is 12.2 Å². The summed E-state index contributed by atoms with van der Waals surface area (Å²) in [5.41, 5.74) is 5.94. The Morgan fingerprint density at radius 1 is 1.06 bits per heavy atom. The highest BCUT2D eigenvalue weighted by atomic mass is 16.2. The van der Waals surface area contributed by atoms with Gasteiger partial charge in [0, 0.05) is 56.4 Å². The minimum Gasteiger partial charge on any atom is -0.341 e. The highest BCUT2D eigenvalue weighted by Crippen LogP contribution is 2.31. The van der Waals surface area contributed by atoms with Crippen molar-refractivity contribution < 1.29 is 4.79 Å². The Morgan fingerprint density at radius 2 is 1.80 bits per heavy atom. The average molecular weight is 474 g/mol. The highest BCUT2D eigenvalue weighted by Gasteiger charge is 2.46. The number of rotatable bonds is 5. The molecule has 0 saturated carbocycles. The van der Waals surface area contributed by atoms with Gasteiger partial charge in [-0.15, -0.1) is 0 Å². The molecule has 1 N–H and O–H groups in total. The van der Waals surface area contributed by atoms with Gasteiger partial charge >= 0.3 is 0 Å². The minimum absolute atomic E-state index is 0.184. The van der Waals surface area contributed by atoms with E-state index in [1.54, 1.807) is 0 Å². The van der Waals surface area contributed by atoms with Crippen molar-refractivity contribution >= 4 is 11.9 Å². The maximum Gasteiger partial charge on any atom is 0.243 e. The number of aryl methyl sites for hydroxylation is 4. The summed E-state index contributed by atoms with van der Waals surface area (Å²) in [5, 5.41) is 8.33. The molecule has 3 aromatic rings. The number of hydrogen-bond donors (Lipinski definition) is 1. The Bertz CT molecular complexity index is 1210. The van der Waals surface area contributed by atoms with Crippen LogP contribution in [0.25, 0.3) is 11.1 Å². The second kappa shape index (κ2) is 9.41. The van der Waals surface area contributed by atoms with Crippen molar-refractivity contribution in [3.63, 3.8) is 0 Å². The van der Waals surface area contributed by atoms with E-state index >= 15 is 0 Å². The van der Waals surface area contributed by atoms with E-state index < -0.39 is 5.54 Å². The molecule has 2 aromatic heterocycles. The van der Waals surface area contributed by atoms with Gasteiger partial charge in [-0.3, -0.25) is 9.48 Å². The van der Waals surface area contributed by atoms with Gasteiger partial charge in [0.1, 0.15) is 5.54 Å². The van der Waals surface area contributed by atoms with Crippen molar-refractivity contribution in [2.45, 2.75) is 52.1 Å². The van der Waals surface area contributed by atoms with Crippen LogP contribution in [0.3, 0.4) is 0 Å². The molecule has 0 unspecified atom stereocenters. The molecule has 0 atom stereocenters. The van der Waals surface area contributed by atoms with Gasteiger partial charge in [0.25, 0.3) is 0 Å². The zero-order chi connectivity index (χ0) is 24.6. The van der Waals surface area contributed by atoms with Gasteiger partial charge in [-0.2, -0.15) is 5.10 Å². The highest BCUT2D eigenvalue weighted by molar-refractivity contribution is 5.87.